The van der Waals surface area contributed by atoms with E-state index in [1.165, 1.54) is 6.20 Å². The Morgan fingerprint density at radius 1 is 1.33 bits per heavy atom. The van der Waals surface area contributed by atoms with Crippen LogP contribution >= 0.6 is 15.9 Å². The van der Waals surface area contributed by atoms with Crippen molar-refractivity contribution in [2.24, 2.45) is 5.92 Å². The third-order valence-corrected chi connectivity index (χ3v) is 4.04. The molecule has 0 aromatic carbocycles. The second-order valence-corrected chi connectivity index (χ2v) is 5.86. The predicted molar refractivity (Wildman–Crippen MR) is 81.9 cm³/mol. The summed E-state index contributed by atoms with van der Waals surface area (Å²) in [4.78, 5) is 18.7. The lowest BCUT2D eigenvalue weighted by molar-refractivity contribution is -0.120. The molecule has 8 heteroatoms. The van der Waals surface area contributed by atoms with Crippen molar-refractivity contribution >= 4 is 33.5 Å². The van der Waals surface area contributed by atoms with Gasteiger partial charge in [0.15, 0.2) is 5.82 Å². The summed E-state index contributed by atoms with van der Waals surface area (Å²) in [5.74, 6) is 1.44. The summed E-state index contributed by atoms with van der Waals surface area (Å²) in [6.07, 6.45) is 4.90. The van der Waals surface area contributed by atoms with Crippen molar-refractivity contribution < 1.29 is 4.79 Å². The molecule has 0 radical (unpaired) electrons. The number of hydrogen-bond acceptors (Lipinski definition) is 5. The van der Waals surface area contributed by atoms with Gasteiger partial charge in [-0.25, -0.2) is 4.98 Å². The topological polar surface area (TPSA) is 86.8 Å². The zero-order valence-electron chi connectivity index (χ0n) is 11.3. The number of H-pyrrole nitrogens is 1. The summed E-state index contributed by atoms with van der Waals surface area (Å²) in [6, 6.07) is 3.96. The molecule has 21 heavy (non-hydrogen) atoms. The number of carbonyl (C=O) groups excluding carboxylic acids is 1. The number of anilines is 2. The molecular formula is C13H15BrN6O. The average molecular weight is 351 g/mol. The number of carbonyl (C=O) groups is 1. The number of pyridine rings is 1. The molecule has 3 heterocycles. The van der Waals surface area contributed by atoms with Crippen LogP contribution in [0.5, 0.6) is 0 Å². The van der Waals surface area contributed by atoms with Crippen molar-refractivity contribution in [2.45, 2.75) is 12.8 Å². The molecule has 1 aliphatic rings. The Morgan fingerprint density at radius 3 is 2.76 bits per heavy atom. The van der Waals surface area contributed by atoms with E-state index >= 15 is 0 Å². The molecular weight excluding hydrogens is 336 g/mol. The number of amides is 1. The fourth-order valence-corrected chi connectivity index (χ4v) is 2.65. The minimum atomic E-state index is 0.00677. The van der Waals surface area contributed by atoms with Gasteiger partial charge >= 0.3 is 0 Å². The van der Waals surface area contributed by atoms with Crippen LogP contribution in [0.25, 0.3) is 0 Å². The molecule has 110 valence electrons. The Kier molecular flexibility index (Phi) is 4.14. The average Bonchev–Trinajstić information content (AvgIpc) is 3.01. The molecule has 0 unspecified atom stereocenters. The molecule has 0 spiro atoms. The first-order valence-electron chi connectivity index (χ1n) is 6.75. The van der Waals surface area contributed by atoms with Crippen molar-refractivity contribution in [2.75, 3.05) is 23.3 Å². The van der Waals surface area contributed by atoms with Gasteiger partial charge in [0.2, 0.25) is 5.91 Å². The van der Waals surface area contributed by atoms with Gasteiger partial charge in [-0.1, -0.05) is 0 Å². The molecule has 3 rings (SSSR count). The Labute approximate surface area is 130 Å². The van der Waals surface area contributed by atoms with E-state index in [0.29, 0.717) is 5.82 Å². The molecule has 2 aromatic rings. The minimum Gasteiger partial charge on any atom is -0.357 e. The third kappa shape index (κ3) is 3.38. The SMILES string of the molecule is O=C(Nc1cn[nH]n1)C1CCN(c2ccc(Br)cn2)CC1. The number of piperidine rings is 1. The van der Waals surface area contributed by atoms with Crippen molar-refractivity contribution in [1.29, 1.82) is 0 Å². The summed E-state index contributed by atoms with van der Waals surface area (Å²) in [6.45, 7) is 1.65. The molecule has 7 nitrogen and oxygen atoms in total. The van der Waals surface area contributed by atoms with E-state index in [2.05, 4.69) is 46.5 Å². The molecule has 1 saturated heterocycles. The fraction of sp³-hybridized carbons (Fsp3) is 0.385. The van der Waals surface area contributed by atoms with E-state index in [1.54, 1.807) is 6.20 Å². The molecule has 2 N–H and O–H groups in total. The van der Waals surface area contributed by atoms with Gasteiger partial charge in [0.1, 0.15) is 5.82 Å². The van der Waals surface area contributed by atoms with E-state index < -0.39 is 0 Å². The Hall–Kier alpha value is -1.96. The quantitative estimate of drug-likeness (QED) is 0.881. The van der Waals surface area contributed by atoms with E-state index in [0.717, 1.165) is 36.2 Å². The number of hydrogen-bond donors (Lipinski definition) is 2. The van der Waals surface area contributed by atoms with Gasteiger partial charge in [-0.2, -0.15) is 10.3 Å². The van der Waals surface area contributed by atoms with Crippen molar-refractivity contribution in [3.63, 3.8) is 0 Å². The van der Waals surface area contributed by atoms with Crippen LogP contribution in [0.3, 0.4) is 0 Å². The second kappa shape index (κ2) is 6.21. The Bertz CT molecular complexity index is 592. The van der Waals surface area contributed by atoms with Gasteiger partial charge in [0.05, 0.1) is 6.20 Å². The van der Waals surface area contributed by atoms with E-state index in [1.807, 2.05) is 12.1 Å². The third-order valence-electron chi connectivity index (χ3n) is 3.57. The normalized spacial score (nSPS) is 16.0. The van der Waals surface area contributed by atoms with Crippen LogP contribution in [0.4, 0.5) is 11.6 Å². The van der Waals surface area contributed by atoms with Crippen LogP contribution in [0, 0.1) is 5.92 Å². The molecule has 1 amide bonds. The largest absolute Gasteiger partial charge is 0.357 e. The summed E-state index contributed by atoms with van der Waals surface area (Å²) < 4.78 is 0.966. The van der Waals surface area contributed by atoms with Gasteiger partial charge in [-0.05, 0) is 40.9 Å². The summed E-state index contributed by atoms with van der Waals surface area (Å²) in [5, 5.41) is 12.7. The monoisotopic (exact) mass is 350 g/mol. The predicted octanol–water partition coefficient (Wildman–Crippen LogP) is 1.82. The minimum absolute atomic E-state index is 0.00677. The zero-order chi connectivity index (χ0) is 14.7. The van der Waals surface area contributed by atoms with Crippen LogP contribution in [-0.2, 0) is 4.79 Å². The van der Waals surface area contributed by atoms with E-state index in [4.69, 9.17) is 0 Å². The molecule has 0 atom stereocenters. The number of aromatic amines is 1. The van der Waals surface area contributed by atoms with Gasteiger partial charge in [-0.15, -0.1) is 5.10 Å². The fourth-order valence-electron chi connectivity index (χ4n) is 2.42. The lowest BCUT2D eigenvalue weighted by atomic mass is 9.96. The highest BCUT2D eigenvalue weighted by atomic mass is 79.9. The molecule has 0 aliphatic carbocycles. The van der Waals surface area contributed by atoms with E-state index in [9.17, 15) is 4.79 Å². The number of rotatable bonds is 3. The first-order valence-corrected chi connectivity index (χ1v) is 7.55. The standard InChI is InChI=1S/C13H15BrN6O/c14-10-1-2-12(15-7-10)20-5-3-9(4-6-20)13(21)17-11-8-16-19-18-11/h1-2,7-9H,3-6H2,(H2,16,17,18,19,21). The summed E-state index contributed by atoms with van der Waals surface area (Å²) in [5.41, 5.74) is 0. The second-order valence-electron chi connectivity index (χ2n) is 4.94. The van der Waals surface area contributed by atoms with Crippen LogP contribution < -0.4 is 10.2 Å². The summed E-state index contributed by atoms with van der Waals surface area (Å²) >= 11 is 3.38. The van der Waals surface area contributed by atoms with Crippen LogP contribution in [-0.4, -0.2) is 39.4 Å². The Morgan fingerprint density at radius 2 is 2.14 bits per heavy atom. The number of nitrogens with zero attached hydrogens (tertiary/aromatic N) is 4. The van der Waals surface area contributed by atoms with Gasteiger partial charge in [0, 0.05) is 29.7 Å². The highest BCUT2D eigenvalue weighted by molar-refractivity contribution is 9.10. The molecule has 1 fully saturated rings. The zero-order valence-corrected chi connectivity index (χ0v) is 12.9. The lowest BCUT2D eigenvalue weighted by Crippen LogP contribution is -2.38. The molecule has 2 aromatic heterocycles. The first-order chi connectivity index (χ1) is 10.2. The Balaban J connectivity index is 1.55. The maximum absolute atomic E-state index is 12.1. The molecule has 0 bridgehead atoms. The van der Waals surface area contributed by atoms with Gasteiger partial charge in [-0.3, -0.25) is 4.79 Å². The number of halogens is 1. The molecule has 0 saturated carbocycles. The highest BCUT2D eigenvalue weighted by Gasteiger charge is 2.25. The first kappa shape index (κ1) is 14.0. The maximum atomic E-state index is 12.1. The van der Waals surface area contributed by atoms with Crippen LogP contribution in [0.15, 0.2) is 29.0 Å². The smallest absolute Gasteiger partial charge is 0.228 e. The molecule has 1 aliphatic heterocycles. The van der Waals surface area contributed by atoms with Crippen LogP contribution in [0.2, 0.25) is 0 Å². The van der Waals surface area contributed by atoms with Crippen molar-refractivity contribution in [3.05, 3.63) is 29.0 Å². The lowest BCUT2D eigenvalue weighted by Gasteiger charge is -2.32. The van der Waals surface area contributed by atoms with Crippen LogP contribution in [0.1, 0.15) is 12.8 Å². The maximum Gasteiger partial charge on any atom is 0.228 e. The van der Waals surface area contributed by atoms with Crippen molar-refractivity contribution in [1.82, 2.24) is 20.4 Å². The number of nitrogens with one attached hydrogen (secondary N) is 2. The van der Waals surface area contributed by atoms with Gasteiger partial charge < -0.3 is 10.2 Å². The van der Waals surface area contributed by atoms with Gasteiger partial charge in [0.25, 0.3) is 0 Å². The number of aromatic nitrogens is 4. The highest BCUT2D eigenvalue weighted by Crippen LogP contribution is 2.23. The summed E-state index contributed by atoms with van der Waals surface area (Å²) in [7, 11) is 0. The van der Waals surface area contributed by atoms with E-state index in [-0.39, 0.29) is 11.8 Å². The van der Waals surface area contributed by atoms with Crippen molar-refractivity contribution in [3.8, 4) is 0 Å².